The normalized spacial score (nSPS) is 10.5. The number of nitrogens with two attached hydrogens (primary N) is 1. The number of halogens is 1. The maximum absolute atomic E-state index is 11.4. The van der Waals surface area contributed by atoms with Gasteiger partial charge in [0.05, 0.1) is 22.9 Å². The first-order valence-corrected chi connectivity index (χ1v) is 4.44. The Morgan fingerprint density at radius 3 is 2.92 bits per heavy atom. The highest BCUT2D eigenvalue weighted by atomic mass is 127. The molecule has 2 rings (SSSR count). The molecule has 0 aliphatic rings. The van der Waals surface area contributed by atoms with Crippen molar-refractivity contribution in [1.29, 1.82) is 0 Å². The molecule has 0 fully saturated rings. The van der Waals surface area contributed by atoms with Gasteiger partial charge in [-0.05, 0) is 0 Å². The standard InChI is InChI=1S/C7H5IN4O/c8-12-2-1-4(13)5-6(9)10-3-11-7(5)12/h1-3H,(H2,9,10,11). The number of hydrogen-bond acceptors (Lipinski definition) is 4. The fourth-order valence-corrected chi connectivity index (χ4v) is 1.60. The van der Waals surface area contributed by atoms with Gasteiger partial charge in [0.1, 0.15) is 17.5 Å². The molecule has 0 radical (unpaired) electrons. The van der Waals surface area contributed by atoms with Crippen LogP contribution in [0.4, 0.5) is 5.82 Å². The minimum atomic E-state index is -0.152. The highest BCUT2D eigenvalue weighted by Crippen LogP contribution is 2.12. The van der Waals surface area contributed by atoms with Crippen LogP contribution in [0, 0.1) is 0 Å². The molecule has 13 heavy (non-hydrogen) atoms. The van der Waals surface area contributed by atoms with Crippen molar-refractivity contribution in [2.75, 3.05) is 5.73 Å². The van der Waals surface area contributed by atoms with Crippen molar-refractivity contribution in [2.45, 2.75) is 0 Å². The zero-order valence-electron chi connectivity index (χ0n) is 6.44. The van der Waals surface area contributed by atoms with Gasteiger partial charge in [-0.2, -0.15) is 0 Å². The lowest BCUT2D eigenvalue weighted by atomic mass is 10.3. The summed E-state index contributed by atoms with van der Waals surface area (Å²) >= 11 is 2.02. The number of anilines is 1. The quantitative estimate of drug-likeness (QED) is 0.719. The minimum absolute atomic E-state index is 0.152. The van der Waals surface area contributed by atoms with Gasteiger partial charge >= 0.3 is 0 Å². The Hall–Kier alpha value is -1.18. The molecular weight excluding hydrogens is 283 g/mol. The predicted molar refractivity (Wildman–Crippen MR) is 57.6 cm³/mol. The van der Waals surface area contributed by atoms with E-state index >= 15 is 0 Å². The van der Waals surface area contributed by atoms with Gasteiger partial charge < -0.3 is 5.73 Å². The van der Waals surface area contributed by atoms with Gasteiger partial charge in [-0.15, -0.1) is 0 Å². The first kappa shape index (κ1) is 8.42. The van der Waals surface area contributed by atoms with E-state index in [0.717, 1.165) is 0 Å². The fourth-order valence-electron chi connectivity index (χ4n) is 1.07. The molecule has 0 aliphatic heterocycles. The van der Waals surface area contributed by atoms with Crippen LogP contribution in [0.25, 0.3) is 11.0 Å². The Bertz CT molecular complexity index is 521. The van der Waals surface area contributed by atoms with E-state index in [0.29, 0.717) is 11.0 Å². The highest BCUT2D eigenvalue weighted by Gasteiger charge is 2.05. The molecule has 0 saturated carbocycles. The number of pyridine rings is 1. The molecule has 6 heteroatoms. The number of fused-ring (bicyclic) bond motifs is 1. The maximum Gasteiger partial charge on any atom is 0.194 e. The van der Waals surface area contributed by atoms with E-state index in [4.69, 9.17) is 5.73 Å². The first-order valence-electron chi connectivity index (χ1n) is 3.48. The van der Waals surface area contributed by atoms with Gasteiger partial charge in [0.2, 0.25) is 0 Å². The van der Waals surface area contributed by atoms with Crippen LogP contribution in [0.3, 0.4) is 0 Å². The third-order valence-corrected chi connectivity index (χ3v) is 2.44. The van der Waals surface area contributed by atoms with E-state index in [2.05, 4.69) is 9.97 Å². The summed E-state index contributed by atoms with van der Waals surface area (Å²) in [6.07, 6.45) is 2.98. The number of nitrogen functional groups attached to an aromatic ring is 1. The summed E-state index contributed by atoms with van der Waals surface area (Å²) in [6, 6.07) is 1.44. The van der Waals surface area contributed by atoms with E-state index in [9.17, 15) is 4.79 Å². The summed E-state index contributed by atoms with van der Waals surface area (Å²) in [4.78, 5) is 19.1. The second kappa shape index (κ2) is 2.95. The van der Waals surface area contributed by atoms with Gasteiger partial charge in [-0.1, -0.05) is 0 Å². The van der Waals surface area contributed by atoms with E-state index in [-0.39, 0.29) is 11.2 Å². The number of aromatic nitrogens is 3. The van der Waals surface area contributed by atoms with Crippen molar-refractivity contribution in [3.8, 4) is 0 Å². The van der Waals surface area contributed by atoms with E-state index in [1.54, 1.807) is 8.98 Å². The van der Waals surface area contributed by atoms with Crippen LogP contribution in [-0.2, 0) is 0 Å². The van der Waals surface area contributed by atoms with Crippen molar-refractivity contribution < 1.29 is 0 Å². The van der Waals surface area contributed by atoms with Crippen LogP contribution in [0.15, 0.2) is 23.4 Å². The fraction of sp³-hybridized carbons (Fsp3) is 0. The number of nitrogens with zero attached hydrogens (tertiary/aromatic N) is 3. The van der Waals surface area contributed by atoms with Gasteiger partial charge in [0.15, 0.2) is 11.1 Å². The second-order valence-electron chi connectivity index (χ2n) is 2.45. The average Bonchev–Trinajstić information content (AvgIpc) is 2.12. The smallest absolute Gasteiger partial charge is 0.194 e. The van der Waals surface area contributed by atoms with Crippen LogP contribution in [0.5, 0.6) is 0 Å². The first-order chi connectivity index (χ1) is 6.20. The molecule has 0 atom stereocenters. The van der Waals surface area contributed by atoms with Gasteiger partial charge in [0.25, 0.3) is 0 Å². The molecule has 2 heterocycles. The summed E-state index contributed by atoms with van der Waals surface area (Å²) in [6.45, 7) is 0. The Morgan fingerprint density at radius 1 is 1.46 bits per heavy atom. The predicted octanol–water partition coefficient (Wildman–Crippen LogP) is 0.572. The van der Waals surface area contributed by atoms with Crippen molar-refractivity contribution >= 4 is 39.7 Å². The lowest BCUT2D eigenvalue weighted by Gasteiger charge is -2.01. The third-order valence-electron chi connectivity index (χ3n) is 1.66. The monoisotopic (exact) mass is 288 g/mol. The highest BCUT2D eigenvalue weighted by molar-refractivity contribution is 14.1. The Balaban J connectivity index is 3.09. The molecular formula is C7H5IN4O. The van der Waals surface area contributed by atoms with E-state index < -0.39 is 0 Å². The Kier molecular flexibility index (Phi) is 1.91. The molecule has 2 N–H and O–H groups in total. The summed E-state index contributed by atoms with van der Waals surface area (Å²) in [5.74, 6) is 0.223. The Labute approximate surface area is 87.1 Å². The van der Waals surface area contributed by atoms with Crippen LogP contribution < -0.4 is 11.2 Å². The summed E-state index contributed by atoms with van der Waals surface area (Å²) in [5.41, 5.74) is 5.95. The molecule has 0 aromatic carbocycles. The van der Waals surface area contributed by atoms with Gasteiger partial charge in [-0.25, -0.2) is 9.97 Å². The van der Waals surface area contributed by atoms with Crippen molar-refractivity contribution in [2.24, 2.45) is 0 Å². The third kappa shape index (κ3) is 1.26. The van der Waals surface area contributed by atoms with Crippen LogP contribution in [-0.4, -0.2) is 12.7 Å². The number of rotatable bonds is 0. The molecule has 0 spiro atoms. The van der Waals surface area contributed by atoms with Gasteiger partial charge in [0, 0.05) is 12.3 Å². The van der Waals surface area contributed by atoms with Crippen LogP contribution in [0.2, 0.25) is 0 Å². The lowest BCUT2D eigenvalue weighted by Crippen LogP contribution is -2.08. The zero-order chi connectivity index (χ0) is 9.42. The molecule has 0 aliphatic carbocycles. The molecule has 2 aromatic heterocycles. The largest absolute Gasteiger partial charge is 0.383 e. The summed E-state index contributed by atoms with van der Waals surface area (Å²) in [7, 11) is 0. The zero-order valence-corrected chi connectivity index (χ0v) is 8.59. The SMILES string of the molecule is Nc1ncnc2c1c(=O)ccn2I. The van der Waals surface area contributed by atoms with Crippen LogP contribution in [0.1, 0.15) is 0 Å². The van der Waals surface area contributed by atoms with E-state index in [1.165, 1.54) is 12.4 Å². The number of hydrogen-bond donors (Lipinski definition) is 1. The molecule has 0 unspecified atom stereocenters. The summed E-state index contributed by atoms with van der Waals surface area (Å²) < 4.78 is 1.70. The molecule has 2 aromatic rings. The van der Waals surface area contributed by atoms with Crippen molar-refractivity contribution in [3.63, 3.8) is 0 Å². The molecule has 0 amide bonds. The summed E-state index contributed by atoms with van der Waals surface area (Å²) in [5, 5.41) is 0.374. The van der Waals surface area contributed by atoms with E-state index in [1.807, 2.05) is 22.9 Å². The van der Waals surface area contributed by atoms with Crippen molar-refractivity contribution in [3.05, 3.63) is 28.8 Å². The maximum atomic E-state index is 11.4. The second-order valence-corrected chi connectivity index (χ2v) is 3.49. The molecule has 0 bridgehead atoms. The molecule has 66 valence electrons. The minimum Gasteiger partial charge on any atom is -0.383 e. The van der Waals surface area contributed by atoms with Crippen molar-refractivity contribution in [1.82, 2.24) is 12.7 Å². The average molecular weight is 288 g/mol. The van der Waals surface area contributed by atoms with Crippen LogP contribution >= 0.6 is 22.9 Å². The Morgan fingerprint density at radius 2 is 2.23 bits per heavy atom. The molecule has 0 saturated heterocycles. The molecule has 5 nitrogen and oxygen atoms in total. The van der Waals surface area contributed by atoms with Gasteiger partial charge in [-0.3, -0.25) is 7.58 Å². The lowest BCUT2D eigenvalue weighted by molar-refractivity contribution is 1.17. The topological polar surface area (TPSA) is 73.8 Å².